The van der Waals surface area contributed by atoms with Crippen molar-refractivity contribution in [3.8, 4) is 0 Å². The third-order valence-electron chi connectivity index (χ3n) is 2.93. The van der Waals surface area contributed by atoms with Crippen molar-refractivity contribution in [2.24, 2.45) is 0 Å². The van der Waals surface area contributed by atoms with Gasteiger partial charge in [0.25, 0.3) is 0 Å². The summed E-state index contributed by atoms with van der Waals surface area (Å²) < 4.78 is 4.97. The molecule has 0 rings (SSSR count). The maximum Gasteiger partial charge on any atom is 0.234 e. The third kappa shape index (κ3) is 10.5. The van der Waals surface area contributed by atoms with Gasteiger partial charge in [0.15, 0.2) is 0 Å². The molecule has 1 amide bonds. The monoisotopic (exact) mass is 258 g/mol. The normalized spacial score (nSPS) is 14.2. The van der Waals surface area contributed by atoms with Crippen LogP contribution in [0.1, 0.15) is 52.9 Å². The van der Waals surface area contributed by atoms with Crippen molar-refractivity contribution < 1.29 is 9.53 Å². The number of carbonyl (C=O) groups is 1. The van der Waals surface area contributed by atoms with Gasteiger partial charge in [-0.1, -0.05) is 32.6 Å². The number of unbranched alkanes of at least 4 members (excludes halogenated alkanes) is 3. The molecule has 0 aromatic heterocycles. The van der Waals surface area contributed by atoms with E-state index in [4.69, 9.17) is 4.74 Å². The van der Waals surface area contributed by atoms with Crippen LogP contribution >= 0.6 is 0 Å². The second kappa shape index (κ2) is 11.5. The van der Waals surface area contributed by atoms with Gasteiger partial charge in [-0.3, -0.25) is 4.79 Å². The van der Waals surface area contributed by atoms with Gasteiger partial charge in [-0.25, -0.2) is 0 Å². The number of hydrogen-bond donors (Lipinski definition) is 2. The van der Waals surface area contributed by atoms with Gasteiger partial charge in [0.1, 0.15) is 0 Å². The summed E-state index contributed by atoms with van der Waals surface area (Å²) in [4.78, 5) is 11.6. The lowest BCUT2D eigenvalue weighted by Crippen LogP contribution is -2.43. The molecule has 0 aromatic rings. The molecule has 0 aromatic carbocycles. The zero-order valence-corrected chi connectivity index (χ0v) is 12.4. The highest BCUT2D eigenvalue weighted by molar-refractivity contribution is 5.78. The molecule has 0 saturated carbocycles. The average molecular weight is 258 g/mol. The first-order valence-corrected chi connectivity index (χ1v) is 7.11. The maximum absolute atomic E-state index is 11.6. The predicted octanol–water partition coefficient (Wildman–Crippen LogP) is 2.09. The summed E-state index contributed by atoms with van der Waals surface area (Å²) >= 11 is 0. The van der Waals surface area contributed by atoms with E-state index < -0.39 is 0 Å². The Morgan fingerprint density at radius 3 is 2.50 bits per heavy atom. The van der Waals surface area contributed by atoms with Gasteiger partial charge in [-0.05, 0) is 20.3 Å². The molecule has 0 fully saturated rings. The van der Waals surface area contributed by atoms with E-state index in [0.29, 0.717) is 19.2 Å². The second-order valence-corrected chi connectivity index (χ2v) is 5.06. The smallest absolute Gasteiger partial charge is 0.234 e. The average Bonchev–Trinajstić information content (AvgIpc) is 2.32. The van der Waals surface area contributed by atoms with Crippen LogP contribution in [0.25, 0.3) is 0 Å². The van der Waals surface area contributed by atoms with Crippen LogP contribution in [0.3, 0.4) is 0 Å². The Morgan fingerprint density at radius 2 is 1.89 bits per heavy atom. The molecule has 0 aliphatic rings. The van der Waals surface area contributed by atoms with Crippen LogP contribution in [-0.4, -0.2) is 38.3 Å². The molecule has 4 heteroatoms. The lowest BCUT2D eigenvalue weighted by Gasteiger charge is -2.16. The Balaban J connectivity index is 3.52. The largest absolute Gasteiger partial charge is 0.383 e. The van der Waals surface area contributed by atoms with E-state index in [0.717, 1.165) is 6.42 Å². The van der Waals surface area contributed by atoms with E-state index in [1.165, 1.54) is 25.7 Å². The zero-order chi connectivity index (χ0) is 13.8. The number of hydrogen-bond acceptors (Lipinski definition) is 3. The van der Waals surface area contributed by atoms with E-state index in [1.807, 2.05) is 6.92 Å². The molecule has 18 heavy (non-hydrogen) atoms. The van der Waals surface area contributed by atoms with Crippen LogP contribution in [0.5, 0.6) is 0 Å². The number of amides is 1. The van der Waals surface area contributed by atoms with Gasteiger partial charge in [-0.2, -0.15) is 0 Å². The molecule has 0 aliphatic heterocycles. The number of carbonyl (C=O) groups excluding carboxylic acids is 1. The lowest BCUT2D eigenvalue weighted by atomic mass is 10.1. The van der Waals surface area contributed by atoms with Gasteiger partial charge < -0.3 is 15.4 Å². The Morgan fingerprint density at radius 1 is 1.17 bits per heavy atom. The maximum atomic E-state index is 11.6. The Hall–Kier alpha value is -0.610. The van der Waals surface area contributed by atoms with Crippen LogP contribution in [0.4, 0.5) is 0 Å². The van der Waals surface area contributed by atoms with Crippen molar-refractivity contribution in [1.29, 1.82) is 0 Å². The molecule has 0 bridgehead atoms. The minimum atomic E-state index is 0.0416. The molecule has 4 nitrogen and oxygen atoms in total. The summed E-state index contributed by atoms with van der Waals surface area (Å²) in [6, 6.07) is 0.481. The molecule has 0 radical (unpaired) electrons. The fourth-order valence-electron chi connectivity index (χ4n) is 1.86. The van der Waals surface area contributed by atoms with E-state index in [9.17, 15) is 4.79 Å². The van der Waals surface area contributed by atoms with Crippen molar-refractivity contribution >= 4 is 5.91 Å². The lowest BCUT2D eigenvalue weighted by molar-refractivity contribution is -0.121. The Labute approximate surface area is 112 Å². The van der Waals surface area contributed by atoms with Gasteiger partial charge >= 0.3 is 0 Å². The molecular formula is C14H30N2O2. The number of ether oxygens (including phenoxy) is 1. The summed E-state index contributed by atoms with van der Waals surface area (Å²) in [6.45, 7) is 7.24. The van der Waals surface area contributed by atoms with Gasteiger partial charge in [-0.15, -0.1) is 0 Å². The molecular weight excluding hydrogens is 228 g/mol. The molecule has 0 aliphatic carbocycles. The van der Waals surface area contributed by atoms with E-state index >= 15 is 0 Å². The standard InChI is InChI=1S/C14H30N2O2/c1-5-6-7-8-9-12(2)15-10-14(17)16-13(3)11-18-4/h12-13,15H,5-11H2,1-4H3,(H,16,17). The summed E-state index contributed by atoms with van der Waals surface area (Å²) in [5, 5.41) is 6.14. The zero-order valence-electron chi connectivity index (χ0n) is 12.4. The minimum absolute atomic E-state index is 0.0416. The van der Waals surface area contributed by atoms with Gasteiger partial charge in [0.2, 0.25) is 5.91 Å². The Kier molecular flexibility index (Phi) is 11.1. The highest BCUT2D eigenvalue weighted by atomic mass is 16.5. The van der Waals surface area contributed by atoms with E-state index in [1.54, 1.807) is 7.11 Å². The van der Waals surface area contributed by atoms with Crippen LogP contribution < -0.4 is 10.6 Å². The van der Waals surface area contributed by atoms with Crippen molar-refractivity contribution in [3.05, 3.63) is 0 Å². The van der Waals surface area contributed by atoms with Crippen molar-refractivity contribution in [2.75, 3.05) is 20.3 Å². The second-order valence-electron chi connectivity index (χ2n) is 5.06. The van der Waals surface area contributed by atoms with E-state index in [-0.39, 0.29) is 11.9 Å². The van der Waals surface area contributed by atoms with Gasteiger partial charge in [0.05, 0.1) is 13.2 Å². The summed E-state index contributed by atoms with van der Waals surface area (Å²) in [6.07, 6.45) is 6.24. The number of nitrogens with one attached hydrogen (secondary N) is 2. The SMILES string of the molecule is CCCCCCC(C)NCC(=O)NC(C)COC. The topological polar surface area (TPSA) is 50.4 Å². The molecule has 0 heterocycles. The molecule has 2 N–H and O–H groups in total. The van der Waals surface area contributed by atoms with Crippen molar-refractivity contribution in [1.82, 2.24) is 10.6 Å². The van der Waals surface area contributed by atoms with E-state index in [2.05, 4.69) is 24.5 Å². The van der Waals surface area contributed by atoms with Crippen LogP contribution in [-0.2, 0) is 9.53 Å². The predicted molar refractivity (Wildman–Crippen MR) is 75.7 cm³/mol. The van der Waals surface area contributed by atoms with Crippen molar-refractivity contribution in [2.45, 2.75) is 65.0 Å². The fourth-order valence-corrected chi connectivity index (χ4v) is 1.86. The summed E-state index contributed by atoms with van der Waals surface area (Å²) in [5.41, 5.74) is 0. The molecule has 2 atom stereocenters. The minimum Gasteiger partial charge on any atom is -0.383 e. The van der Waals surface area contributed by atoms with Gasteiger partial charge in [0, 0.05) is 19.2 Å². The molecule has 0 saturated heterocycles. The Bertz CT molecular complexity index is 210. The third-order valence-corrected chi connectivity index (χ3v) is 2.93. The fraction of sp³-hybridized carbons (Fsp3) is 0.929. The summed E-state index contributed by atoms with van der Waals surface area (Å²) in [7, 11) is 1.64. The number of rotatable bonds is 11. The molecule has 0 spiro atoms. The van der Waals surface area contributed by atoms with Crippen molar-refractivity contribution in [3.63, 3.8) is 0 Å². The molecule has 2 unspecified atom stereocenters. The highest BCUT2D eigenvalue weighted by Crippen LogP contribution is 2.04. The summed E-state index contributed by atoms with van der Waals surface area (Å²) in [5.74, 6) is 0.0416. The first-order chi connectivity index (χ1) is 8.60. The highest BCUT2D eigenvalue weighted by Gasteiger charge is 2.08. The molecule has 108 valence electrons. The number of methoxy groups -OCH3 is 1. The van der Waals surface area contributed by atoms with Crippen LogP contribution in [0.2, 0.25) is 0 Å². The van der Waals surface area contributed by atoms with Crippen LogP contribution in [0.15, 0.2) is 0 Å². The van der Waals surface area contributed by atoms with Crippen LogP contribution in [0, 0.1) is 0 Å². The first kappa shape index (κ1) is 17.4. The first-order valence-electron chi connectivity index (χ1n) is 7.11. The quantitative estimate of drug-likeness (QED) is 0.558.